The molecule has 18 heavy (non-hydrogen) atoms. The second-order valence-electron chi connectivity index (χ2n) is 5.20. The normalized spacial score (nSPS) is 23.2. The molecule has 1 N–H and O–H groups in total. The number of nitrogens with one attached hydrogen (secondary N) is 1. The quantitative estimate of drug-likeness (QED) is 0.885. The Morgan fingerprint density at radius 3 is 2.67 bits per heavy atom. The maximum Gasteiger partial charge on any atom is 0.181 e. The average molecular weight is 242 g/mol. The minimum Gasteiger partial charge on any atom is -0.444 e. The van der Waals surface area contributed by atoms with Crippen LogP contribution in [0.5, 0.6) is 0 Å². The number of rotatable bonds is 3. The molecule has 0 radical (unpaired) electrons. The van der Waals surface area contributed by atoms with Crippen LogP contribution >= 0.6 is 0 Å². The summed E-state index contributed by atoms with van der Waals surface area (Å²) >= 11 is 0. The van der Waals surface area contributed by atoms with Gasteiger partial charge in [0, 0.05) is 17.3 Å². The van der Waals surface area contributed by atoms with Crippen LogP contribution in [0.15, 0.2) is 41.3 Å². The maximum atomic E-state index is 5.28. The minimum atomic E-state index is 0.635. The lowest BCUT2D eigenvalue weighted by Gasteiger charge is -2.14. The molecular weight excluding hydrogens is 224 g/mol. The van der Waals surface area contributed by atoms with Gasteiger partial charge >= 0.3 is 0 Å². The van der Waals surface area contributed by atoms with E-state index in [2.05, 4.69) is 41.5 Å². The van der Waals surface area contributed by atoms with E-state index < -0.39 is 0 Å². The van der Waals surface area contributed by atoms with Gasteiger partial charge in [-0.1, -0.05) is 6.92 Å². The van der Waals surface area contributed by atoms with E-state index in [0.29, 0.717) is 6.04 Å². The molecule has 1 aromatic heterocycles. The molecule has 3 nitrogen and oxygen atoms in total. The van der Waals surface area contributed by atoms with E-state index in [1.807, 2.05) is 0 Å². The fourth-order valence-corrected chi connectivity index (χ4v) is 2.66. The Labute approximate surface area is 107 Å². The van der Waals surface area contributed by atoms with Crippen molar-refractivity contribution in [3.8, 4) is 11.3 Å². The van der Waals surface area contributed by atoms with Gasteiger partial charge in [-0.3, -0.25) is 0 Å². The Hall–Kier alpha value is -1.77. The van der Waals surface area contributed by atoms with Crippen molar-refractivity contribution in [3.05, 3.63) is 36.9 Å². The van der Waals surface area contributed by atoms with Crippen molar-refractivity contribution in [2.24, 2.45) is 5.92 Å². The lowest BCUT2D eigenvalue weighted by molar-refractivity contribution is 0.572. The highest BCUT2D eigenvalue weighted by molar-refractivity contribution is 5.60. The number of hydrogen-bond donors (Lipinski definition) is 1. The zero-order chi connectivity index (χ0) is 12.4. The van der Waals surface area contributed by atoms with Gasteiger partial charge in [0.1, 0.15) is 0 Å². The second-order valence-corrected chi connectivity index (χ2v) is 5.20. The van der Waals surface area contributed by atoms with Crippen LogP contribution in [0, 0.1) is 5.92 Å². The molecule has 1 fully saturated rings. The Bertz CT molecular complexity index is 490. The molecule has 94 valence electrons. The van der Waals surface area contributed by atoms with E-state index >= 15 is 0 Å². The molecule has 0 bridgehead atoms. The van der Waals surface area contributed by atoms with Gasteiger partial charge in [-0.25, -0.2) is 4.98 Å². The van der Waals surface area contributed by atoms with E-state index in [9.17, 15) is 0 Å². The third-order valence-electron chi connectivity index (χ3n) is 3.67. The molecule has 0 saturated heterocycles. The van der Waals surface area contributed by atoms with Crippen molar-refractivity contribution < 1.29 is 4.42 Å². The van der Waals surface area contributed by atoms with Crippen LogP contribution in [0.3, 0.4) is 0 Å². The van der Waals surface area contributed by atoms with Crippen LogP contribution < -0.4 is 5.32 Å². The summed E-state index contributed by atoms with van der Waals surface area (Å²) in [6, 6.07) is 9.00. The van der Waals surface area contributed by atoms with Crippen LogP contribution in [0.2, 0.25) is 0 Å². The van der Waals surface area contributed by atoms with Gasteiger partial charge < -0.3 is 9.73 Å². The summed E-state index contributed by atoms with van der Waals surface area (Å²) in [6.07, 6.45) is 7.10. The zero-order valence-corrected chi connectivity index (χ0v) is 10.6. The molecule has 0 amide bonds. The minimum absolute atomic E-state index is 0.635. The van der Waals surface area contributed by atoms with Crippen LogP contribution in [0.4, 0.5) is 5.69 Å². The predicted molar refractivity (Wildman–Crippen MR) is 72.4 cm³/mol. The first-order chi connectivity index (χ1) is 8.81. The molecule has 0 aliphatic heterocycles. The maximum absolute atomic E-state index is 5.28. The van der Waals surface area contributed by atoms with Gasteiger partial charge in [-0.05, 0) is 49.4 Å². The number of oxazole rings is 1. The number of benzene rings is 1. The number of anilines is 1. The van der Waals surface area contributed by atoms with Crippen molar-refractivity contribution in [1.29, 1.82) is 0 Å². The van der Waals surface area contributed by atoms with Gasteiger partial charge in [0.05, 0.1) is 6.20 Å². The third kappa shape index (κ3) is 2.40. The van der Waals surface area contributed by atoms with Crippen molar-refractivity contribution >= 4 is 5.69 Å². The van der Waals surface area contributed by atoms with Crippen molar-refractivity contribution in [1.82, 2.24) is 4.98 Å². The Kier molecular flexibility index (Phi) is 3.05. The van der Waals surface area contributed by atoms with Crippen molar-refractivity contribution in [3.63, 3.8) is 0 Å². The molecule has 3 heteroatoms. The smallest absolute Gasteiger partial charge is 0.181 e. The number of hydrogen-bond acceptors (Lipinski definition) is 3. The van der Waals surface area contributed by atoms with E-state index in [1.165, 1.54) is 31.3 Å². The van der Waals surface area contributed by atoms with Gasteiger partial charge in [-0.15, -0.1) is 0 Å². The Morgan fingerprint density at radius 2 is 2.06 bits per heavy atom. The summed E-state index contributed by atoms with van der Waals surface area (Å²) in [5, 5.41) is 3.60. The molecule has 3 rings (SSSR count). The number of aromatic nitrogens is 1. The zero-order valence-electron chi connectivity index (χ0n) is 10.6. The third-order valence-corrected chi connectivity index (χ3v) is 3.67. The summed E-state index contributed by atoms with van der Waals surface area (Å²) in [4.78, 5) is 3.93. The topological polar surface area (TPSA) is 38.1 Å². The first-order valence-electron chi connectivity index (χ1n) is 6.57. The Balaban J connectivity index is 1.68. The van der Waals surface area contributed by atoms with Crippen LogP contribution in [-0.4, -0.2) is 11.0 Å². The average Bonchev–Trinajstić information content (AvgIpc) is 3.02. The summed E-state index contributed by atoms with van der Waals surface area (Å²) in [6.45, 7) is 2.33. The molecule has 1 saturated carbocycles. The fourth-order valence-electron chi connectivity index (χ4n) is 2.66. The second kappa shape index (κ2) is 4.84. The van der Waals surface area contributed by atoms with E-state index in [4.69, 9.17) is 4.42 Å². The van der Waals surface area contributed by atoms with E-state index in [-0.39, 0.29) is 0 Å². The Morgan fingerprint density at radius 1 is 1.22 bits per heavy atom. The lowest BCUT2D eigenvalue weighted by atomic mass is 10.1. The molecule has 1 aliphatic carbocycles. The predicted octanol–water partition coefficient (Wildman–Crippen LogP) is 3.94. The van der Waals surface area contributed by atoms with Gasteiger partial charge in [0.25, 0.3) is 0 Å². The van der Waals surface area contributed by atoms with Gasteiger partial charge in [-0.2, -0.15) is 0 Å². The van der Waals surface area contributed by atoms with Crippen LogP contribution in [0.25, 0.3) is 11.3 Å². The fraction of sp³-hybridized carbons (Fsp3) is 0.400. The summed E-state index contributed by atoms with van der Waals surface area (Å²) in [5.41, 5.74) is 2.26. The molecular formula is C15H18N2O. The van der Waals surface area contributed by atoms with E-state index in [1.54, 1.807) is 6.20 Å². The highest BCUT2D eigenvalue weighted by Gasteiger charge is 2.20. The summed E-state index contributed by atoms with van der Waals surface area (Å²) in [5.74, 6) is 1.67. The van der Waals surface area contributed by atoms with Crippen LogP contribution in [-0.2, 0) is 0 Å². The summed E-state index contributed by atoms with van der Waals surface area (Å²) < 4.78 is 5.28. The molecule has 0 spiro atoms. The molecule has 2 unspecified atom stereocenters. The monoisotopic (exact) mass is 242 g/mol. The molecule has 1 aliphatic rings. The first kappa shape index (κ1) is 11.3. The molecule has 2 atom stereocenters. The molecule has 2 aromatic rings. The lowest BCUT2D eigenvalue weighted by Crippen LogP contribution is -2.14. The summed E-state index contributed by atoms with van der Waals surface area (Å²) in [7, 11) is 0. The SMILES string of the molecule is CC1CCC(Nc2ccc(-c3cnco3)cc2)C1. The molecule has 1 aromatic carbocycles. The van der Waals surface area contributed by atoms with Crippen LogP contribution in [0.1, 0.15) is 26.2 Å². The largest absolute Gasteiger partial charge is 0.444 e. The molecule has 1 heterocycles. The standard InChI is InChI=1S/C15H18N2O/c1-11-2-5-14(8-11)17-13-6-3-12(4-7-13)15-9-16-10-18-15/h3-4,6-7,9-11,14,17H,2,5,8H2,1H3. The van der Waals surface area contributed by atoms with Crippen molar-refractivity contribution in [2.45, 2.75) is 32.2 Å². The van der Waals surface area contributed by atoms with Gasteiger partial charge in [0.2, 0.25) is 0 Å². The number of nitrogens with zero attached hydrogens (tertiary/aromatic N) is 1. The first-order valence-corrected chi connectivity index (χ1v) is 6.57. The van der Waals surface area contributed by atoms with E-state index in [0.717, 1.165) is 17.2 Å². The highest BCUT2D eigenvalue weighted by Crippen LogP contribution is 2.28. The van der Waals surface area contributed by atoms with Gasteiger partial charge in [0.15, 0.2) is 12.2 Å². The highest BCUT2D eigenvalue weighted by atomic mass is 16.3. The van der Waals surface area contributed by atoms with Crippen molar-refractivity contribution in [2.75, 3.05) is 5.32 Å².